The molecule has 0 saturated carbocycles. The van der Waals surface area contributed by atoms with Crippen molar-refractivity contribution in [3.05, 3.63) is 60.7 Å². The average molecular weight is 252 g/mol. The fraction of sp³-hybridized carbons (Fsp3) is 0. The minimum atomic E-state index is 0.603. The van der Waals surface area contributed by atoms with Crippen LogP contribution in [0.1, 0.15) is 0 Å². The lowest BCUT2D eigenvalue weighted by Crippen LogP contribution is -2.00. The van der Waals surface area contributed by atoms with Crippen LogP contribution in [0.4, 0.5) is 0 Å². The van der Waals surface area contributed by atoms with Crippen LogP contribution in [0.25, 0.3) is 22.6 Å². The van der Waals surface area contributed by atoms with Crippen LogP contribution in [0.5, 0.6) is 5.75 Å². The van der Waals surface area contributed by atoms with E-state index in [-0.39, 0.29) is 0 Å². The Labute approximate surface area is 110 Å². The minimum absolute atomic E-state index is 0.603. The fourth-order valence-corrected chi connectivity index (χ4v) is 1.85. The summed E-state index contributed by atoms with van der Waals surface area (Å²) in [6.45, 7) is 0. The zero-order valence-electron chi connectivity index (χ0n) is 10.1. The van der Waals surface area contributed by atoms with Crippen molar-refractivity contribution in [3.63, 3.8) is 0 Å². The highest BCUT2D eigenvalue weighted by atomic mass is 16.6. The van der Waals surface area contributed by atoms with E-state index in [2.05, 4.69) is 9.99 Å². The first-order valence-corrected chi connectivity index (χ1v) is 5.86. The zero-order chi connectivity index (χ0) is 13.1. The van der Waals surface area contributed by atoms with E-state index in [9.17, 15) is 0 Å². The van der Waals surface area contributed by atoms with Gasteiger partial charge < -0.3 is 9.36 Å². The van der Waals surface area contributed by atoms with E-state index in [1.54, 1.807) is 12.1 Å². The van der Waals surface area contributed by atoms with Crippen LogP contribution in [0.2, 0.25) is 0 Å². The number of benzene rings is 2. The van der Waals surface area contributed by atoms with Crippen LogP contribution in [0.3, 0.4) is 0 Å². The molecule has 0 unspecified atom stereocenters. The highest BCUT2D eigenvalue weighted by Crippen LogP contribution is 2.26. The highest BCUT2D eigenvalue weighted by molar-refractivity contribution is 5.66. The first-order valence-electron chi connectivity index (χ1n) is 5.86. The maximum Gasteiger partial charge on any atom is 0.167 e. The molecule has 0 bridgehead atoms. The molecule has 0 spiro atoms. The van der Waals surface area contributed by atoms with Gasteiger partial charge >= 0.3 is 0 Å². The molecule has 3 aromatic rings. The average Bonchev–Trinajstić information content (AvgIpc) is 2.98. The smallest absolute Gasteiger partial charge is 0.167 e. The number of nitrogens with zero attached hydrogens (tertiary/aromatic N) is 1. The Hall–Kier alpha value is -2.59. The second kappa shape index (κ2) is 4.96. The summed E-state index contributed by atoms with van der Waals surface area (Å²) in [5.74, 6) is 6.40. The van der Waals surface area contributed by atoms with Gasteiger partial charge in [-0.3, -0.25) is 0 Å². The van der Waals surface area contributed by atoms with Crippen LogP contribution in [0, 0.1) is 0 Å². The van der Waals surface area contributed by atoms with E-state index in [0.29, 0.717) is 11.5 Å². The molecule has 0 aliphatic heterocycles. The maximum absolute atomic E-state index is 5.36. The molecule has 0 fully saturated rings. The topological polar surface area (TPSA) is 61.3 Å². The van der Waals surface area contributed by atoms with Gasteiger partial charge in [-0.1, -0.05) is 35.5 Å². The Morgan fingerprint density at radius 1 is 0.895 bits per heavy atom. The van der Waals surface area contributed by atoms with E-state index < -0.39 is 0 Å². The van der Waals surface area contributed by atoms with Crippen LogP contribution < -0.4 is 10.7 Å². The zero-order valence-corrected chi connectivity index (χ0v) is 10.1. The van der Waals surface area contributed by atoms with Crippen LogP contribution >= 0.6 is 0 Å². The first-order chi connectivity index (χ1) is 9.36. The van der Waals surface area contributed by atoms with Gasteiger partial charge in [0.15, 0.2) is 5.76 Å². The van der Waals surface area contributed by atoms with Crippen LogP contribution in [0.15, 0.2) is 65.2 Å². The lowest BCUT2D eigenvalue weighted by atomic mass is 10.1. The van der Waals surface area contributed by atoms with Crippen molar-refractivity contribution < 1.29 is 9.36 Å². The van der Waals surface area contributed by atoms with E-state index >= 15 is 0 Å². The second-order valence-corrected chi connectivity index (χ2v) is 4.08. The van der Waals surface area contributed by atoms with E-state index in [1.807, 2.05) is 48.5 Å². The van der Waals surface area contributed by atoms with Gasteiger partial charge in [0, 0.05) is 17.2 Å². The Morgan fingerprint density at radius 3 is 2.32 bits per heavy atom. The van der Waals surface area contributed by atoms with Gasteiger partial charge in [-0.25, -0.2) is 0 Å². The molecular weight excluding hydrogens is 240 g/mol. The summed E-state index contributed by atoms with van der Waals surface area (Å²) < 4.78 is 5.36. The Balaban J connectivity index is 1.92. The van der Waals surface area contributed by atoms with Crippen molar-refractivity contribution in [3.8, 4) is 28.3 Å². The fourth-order valence-electron chi connectivity index (χ4n) is 1.85. The Morgan fingerprint density at radius 2 is 1.63 bits per heavy atom. The number of hydrogen-bond donors (Lipinski definition) is 1. The molecule has 0 aliphatic rings. The molecule has 4 nitrogen and oxygen atoms in total. The molecule has 0 amide bonds. The third kappa shape index (κ3) is 2.34. The Bertz CT molecular complexity index is 660. The summed E-state index contributed by atoms with van der Waals surface area (Å²) in [6, 6.07) is 19.1. The largest absolute Gasteiger partial charge is 0.412 e. The quantitative estimate of drug-likeness (QED) is 0.727. The summed E-state index contributed by atoms with van der Waals surface area (Å²) in [5.41, 5.74) is 2.77. The van der Waals surface area contributed by atoms with Gasteiger partial charge in [0.1, 0.15) is 11.4 Å². The van der Waals surface area contributed by atoms with Gasteiger partial charge in [-0.05, 0) is 24.3 Å². The second-order valence-electron chi connectivity index (χ2n) is 4.08. The van der Waals surface area contributed by atoms with Crippen LogP contribution in [-0.2, 0) is 0 Å². The Kier molecular flexibility index (Phi) is 3.00. The lowest BCUT2D eigenvalue weighted by molar-refractivity contribution is 0.334. The maximum atomic E-state index is 5.36. The SMILES string of the molecule is NOc1ccc(-c2cc(-c3ccccc3)no2)cc1. The number of nitrogens with two attached hydrogens (primary N) is 1. The van der Waals surface area contributed by atoms with Gasteiger partial charge in [0.2, 0.25) is 0 Å². The predicted octanol–water partition coefficient (Wildman–Crippen LogP) is 3.26. The number of rotatable bonds is 3. The summed E-state index contributed by atoms with van der Waals surface area (Å²) in [6.07, 6.45) is 0. The third-order valence-electron chi connectivity index (χ3n) is 2.85. The van der Waals surface area contributed by atoms with Crippen molar-refractivity contribution in [1.82, 2.24) is 5.16 Å². The molecule has 2 N–H and O–H groups in total. The van der Waals surface area contributed by atoms with E-state index in [4.69, 9.17) is 10.4 Å². The van der Waals surface area contributed by atoms with Crippen molar-refractivity contribution in [1.29, 1.82) is 0 Å². The van der Waals surface area contributed by atoms with Gasteiger partial charge in [-0.2, -0.15) is 5.90 Å². The number of hydrogen-bond acceptors (Lipinski definition) is 4. The molecule has 19 heavy (non-hydrogen) atoms. The van der Waals surface area contributed by atoms with Crippen molar-refractivity contribution in [2.45, 2.75) is 0 Å². The molecule has 1 aromatic heterocycles. The van der Waals surface area contributed by atoms with Crippen LogP contribution in [-0.4, -0.2) is 5.16 Å². The summed E-state index contributed by atoms with van der Waals surface area (Å²) in [7, 11) is 0. The summed E-state index contributed by atoms with van der Waals surface area (Å²) >= 11 is 0. The van der Waals surface area contributed by atoms with E-state index in [1.165, 1.54) is 0 Å². The first kappa shape index (κ1) is 11.5. The molecule has 94 valence electrons. The van der Waals surface area contributed by atoms with Gasteiger partial charge in [-0.15, -0.1) is 0 Å². The molecule has 1 heterocycles. The third-order valence-corrected chi connectivity index (χ3v) is 2.85. The standard InChI is InChI=1S/C15H12N2O2/c16-18-13-8-6-12(7-9-13)15-10-14(17-19-15)11-4-2-1-3-5-11/h1-10H,16H2. The highest BCUT2D eigenvalue weighted by Gasteiger charge is 2.08. The van der Waals surface area contributed by atoms with Crippen molar-refractivity contribution in [2.24, 2.45) is 5.90 Å². The summed E-state index contributed by atoms with van der Waals surface area (Å²) in [5, 5.41) is 4.07. The number of aromatic nitrogens is 1. The normalized spacial score (nSPS) is 10.4. The molecule has 3 rings (SSSR count). The lowest BCUT2D eigenvalue weighted by Gasteiger charge is -1.98. The van der Waals surface area contributed by atoms with Crippen molar-refractivity contribution >= 4 is 0 Å². The molecular formula is C15H12N2O2. The van der Waals surface area contributed by atoms with Crippen molar-refractivity contribution in [2.75, 3.05) is 0 Å². The molecule has 0 atom stereocenters. The molecule has 0 saturated heterocycles. The molecule has 0 aliphatic carbocycles. The van der Waals surface area contributed by atoms with E-state index in [0.717, 1.165) is 16.8 Å². The van der Waals surface area contributed by atoms with Gasteiger partial charge in [0.25, 0.3) is 0 Å². The van der Waals surface area contributed by atoms with Gasteiger partial charge in [0.05, 0.1) is 0 Å². The molecule has 2 aromatic carbocycles. The monoisotopic (exact) mass is 252 g/mol. The molecule has 4 heteroatoms. The molecule has 0 radical (unpaired) electrons. The predicted molar refractivity (Wildman–Crippen MR) is 72.2 cm³/mol. The minimum Gasteiger partial charge on any atom is -0.412 e. The summed E-state index contributed by atoms with van der Waals surface area (Å²) in [4.78, 5) is 4.63.